The Balaban J connectivity index is 1.66. The van der Waals surface area contributed by atoms with Crippen molar-refractivity contribution in [1.29, 1.82) is 0 Å². The molecule has 0 saturated carbocycles. The van der Waals surface area contributed by atoms with E-state index in [-0.39, 0.29) is 16.7 Å². The van der Waals surface area contributed by atoms with E-state index >= 15 is 0 Å². The van der Waals surface area contributed by atoms with Crippen LogP contribution >= 0.6 is 23.6 Å². The molecule has 0 amide bonds. The molecule has 3 heterocycles. The van der Waals surface area contributed by atoms with Gasteiger partial charge >= 0.3 is 0 Å². The van der Waals surface area contributed by atoms with E-state index < -0.39 is 17.7 Å². The third kappa shape index (κ3) is 4.06. The normalized spacial score (nSPS) is 16.1. The smallest absolute Gasteiger partial charge is 0.258 e. The van der Waals surface area contributed by atoms with Gasteiger partial charge in [-0.3, -0.25) is 4.90 Å². The minimum atomic E-state index is -0.706. The van der Waals surface area contributed by atoms with Crippen LogP contribution in [0.4, 0.5) is 14.5 Å². The lowest BCUT2D eigenvalue weighted by Crippen LogP contribution is -2.46. The number of aromatic nitrogens is 2. The summed E-state index contributed by atoms with van der Waals surface area (Å²) in [6, 6.07) is 14.1. The standard InChI is InChI=1S/C24H18F2N4O2S2/c1-13-20(23-28-22(29-32-23)19-4-3-9-34-19)21(14-5-7-18(31-2)8-6-14)27-24(33)30(13)17-11-15(25)10-16(26)12-17/h3-12,21H,1-2H3,(H,27,33). The SMILES string of the molecule is COc1ccc(C2NC(=S)N(c3cc(F)cc(F)c3)C(C)=C2c2nc(-c3cccs3)no2)cc1. The average molecular weight is 497 g/mol. The van der Waals surface area contributed by atoms with E-state index in [1.807, 2.05) is 41.8 Å². The Morgan fingerprint density at radius 2 is 1.85 bits per heavy atom. The minimum absolute atomic E-state index is 0.246. The van der Waals surface area contributed by atoms with Crippen LogP contribution in [0.5, 0.6) is 5.75 Å². The number of ether oxygens (including phenoxy) is 1. The van der Waals surface area contributed by atoms with Gasteiger partial charge in [0.05, 0.1) is 29.3 Å². The molecule has 10 heteroatoms. The zero-order valence-corrected chi connectivity index (χ0v) is 19.7. The number of thiophene rings is 1. The molecular formula is C24H18F2N4O2S2. The predicted molar refractivity (Wildman–Crippen MR) is 131 cm³/mol. The number of allylic oxidation sites excluding steroid dienone is 1. The van der Waals surface area contributed by atoms with Crippen molar-refractivity contribution in [2.45, 2.75) is 13.0 Å². The summed E-state index contributed by atoms with van der Waals surface area (Å²) in [7, 11) is 1.60. The number of hydrogen-bond donors (Lipinski definition) is 1. The van der Waals surface area contributed by atoms with Crippen LogP contribution in [-0.2, 0) is 0 Å². The first-order chi connectivity index (χ1) is 16.4. The lowest BCUT2D eigenvalue weighted by Gasteiger charge is -2.37. The molecule has 2 aromatic carbocycles. The Labute approximate surface area is 203 Å². The van der Waals surface area contributed by atoms with Crippen LogP contribution < -0.4 is 15.0 Å². The first-order valence-corrected chi connectivity index (χ1v) is 11.5. The molecule has 0 radical (unpaired) electrons. The maximum absolute atomic E-state index is 14.0. The molecule has 172 valence electrons. The van der Waals surface area contributed by atoms with E-state index in [0.717, 1.165) is 16.5 Å². The molecule has 1 atom stereocenters. The number of nitrogens with zero attached hydrogens (tertiary/aromatic N) is 3. The molecule has 34 heavy (non-hydrogen) atoms. The van der Waals surface area contributed by atoms with Gasteiger partial charge in [0.2, 0.25) is 5.82 Å². The predicted octanol–water partition coefficient (Wildman–Crippen LogP) is 5.95. The third-order valence-electron chi connectivity index (χ3n) is 5.44. The second-order valence-corrected chi connectivity index (χ2v) is 8.85. The topological polar surface area (TPSA) is 63.4 Å². The van der Waals surface area contributed by atoms with E-state index in [1.54, 1.807) is 18.9 Å². The monoisotopic (exact) mass is 496 g/mol. The second-order valence-electron chi connectivity index (χ2n) is 7.52. The van der Waals surface area contributed by atoms with Gasteiger partial charge in [-0.15, -0.1) is 11.3 Å². The fourth-order valence-corrected chi connectivity index (χ4v) is 4.89. The highest BCUT2D eigenvalue weighted by Crippen LogP contribution is 2.40. The van der Waals surface area contributed by atoms with E-state index in [9.17, 15) is 8.78 Å². The van der Waals surface area contributed by atoms with Crippen molar-refractivity contribution in [2.75, 3.05) is 12.0 Å². The van der Waals surface area contributed by atoms with Gasteiger partial charge in [-0.1, -0.05) is 23.4 Å². The van der Waals surface area contributed by atoms with E-state index in [0.29, 0.717) is 22.8 Å². The van der Waals surface area contributed by atoms with Gasteiger partial charge in [-0.05, 0) is 60.4 Å². The van der Waals surface area contributed by atoms with E-state index in [1.165, 1.54) is 23.5 Å². The average Bonchev–Trinajstić information content (AvgIpc) is 3.50. The van der Waals surface area contributed by atoms with Crippen LogP contribution in [0.3, 0.4) is 0 Å². The summed E-state index contributed by atoms with van der Waals surface area (Å²) in [6.07, 6.45) is 0. The summed E-state index contributed by atoms with van der Waals surface area (Å²) in [6.45, 7) is 1.80. The van der Waals surface area contributed by atoms with Gasteiger partial charge in [0, 0.05) is 11.8 Å². The van der Waals surface area contributed by atoms with Crippen molar-refractivity contribution in [3.8, 4) is 16.5 Å². The molecule has 4 aromatic rings. The molecule has 0 aliphatic carbocycles. The van der Waals surface area contributed by atoms with Crippen LogP contribution in [0.2, 0.25) is 0 Å². The molecule has 0 bridgehead atoms. The molecule has 6 nitrogen and oxygen atoms in total. The number of hydrogen-bond acceptors (Lipinski definition) is 6. The van der Waals surface area contributed by atoms with Crippen molar-refractivity contribution in [1.82, 2.24) is 15.5 Å². The summed E-state index contributed by atoms with van der Waals surface area (Å²) in [4.78, 5) is 7.04. The molecule has 1 aliphatic heterocycles. The summed E-state index contributed by atoms with van der Waals surface area (Å²) >= 11 is 7.11. The van der Waals surface area contributed by atoms with Gasteiger partial charge in [0.1, 0.15) is 17.4 Å². The van der Waals surface area contributed by atoms with Crippen molar-refractivity contribution in [2.24, 2.45) is 0 Å². The van der Waals surface area contributed by atoms with Crippen molar-refractivity contribution in [3.05, 3.63) is 88.8 Å². The zero-order chi connectivity index (χ0) is 23.8. The van der Waals surface area contributed by atoms with Gasteiger partial charge in [0.25, 0.3) is 5.89 Å². The Kier molecular flexibility index (Phi) is 5.84. The first-order valence-electron chi connectivity index (χ1n) is 10.2. The molecule has 0 fully saturated rings. The zero-order valence-electron chi connectivity index (χ0n) is 18.1. The molecule has 5 rings (SSSR count). The molecule has 0 spiro atoms. The number of methoxy groups -OCH3 is 1. The molecule has 0 saturated heterocycles. The summed E-state index contributed by atoms with van der Waals surface area (Å²) in [5.41, 5.74) is 2.37. The Bertz CT molecular complexity index is 1360. The minimum Gasteiger partial charge on any atom is -0.497 e. The molecule has 1 unspecified atom stereocenters. The quantitative estimate of drug-likeness (QED) is 0.343. The fourth-order valence-electron chi connectivity index (χ4n) is 3.88. The maximum Gasteiger partial charge on any atom is 0.258 e. The third-order valence-corrected chi connectivity index (χ3v) is 6.60. The number of halogens is 2. The fraction of sp³-hybridized carbons (Fsp3) is 0.125. The summed E-state index contributed by atoms with van der Waals surface area (Å²) < 4.78 is 39.0. The van der Waals surface area contributed by atoms with Gasteiger partial charge in [-0.25, -0.2) is 8.78 Å². The highest BCUT2D eigenvalue weighted by Gasteiger charge is 2.35. The van der Waals surface area contributed by atoms with Gasteiger partial charge < -0.3 is 14.6 Å². The van der Waals surface area contributed by atoms with Crippen LogP contribution in [0, 0.1) is 11.6 Å². The molecule has 2 aromatic heterocycles. The lowest BCUT2D eigenvalue weighted by atomic mass is 9.94. The van der Waals surface area contributed by atoms with Crippen molar-refractivity contribution in [3.63, 3.8) is 0 Å². The molecular weight excluding hydrogens is 478 g/mol. The Hall–Kier alpha value is -3.63. The highest BCUT2D eigenvalue weighted by atomic mass is 32.1. The maximum atomic E-state index is 14.0. The Morgan fingerprint density at radius 3 is 2.50 bits per heavy atom. The second kappa shape index (κ2) is 8.96. The Morgan fingerprint density at radius 1 is 1.12 bits per heavy atom. The van der Waals surface area contributed by atoms with Crippen LogP contribution in [0.1, 0.15) is 24.4 Å². The molecule has 1 aliphatic rings. The highest BCUT2D eigenvalue weighted by molar-refractivity contribution is 7.80. The first kappa shape index (κ1) is 22.2. The number of anilines is 1. The number of benzene rings is 2. The van der Waals surface area contributed by atoms with Gasteiger partial charge in [-0.2, -0.15) is 4.98 Å². The largest absolute Gasteiger partial charge is 0.497 e. The number of thiocarbonyl (C=S) groups is 1. The van der Waals surface area contributed by atoms with Gasteiger partial charge in [0.15, 0.2) is 5.11 Å². The number of rotatable bonds is 5. The lowest BCUT2D eigenvalue weighted by molar-refractivity contribution is 0.404. The molecule has 1 N–H and O–H groups in total. The van der Waals surface area contributed by atoms with Crippen LogP contribution in [0.25, 0.3) is 16.3 Å². The summed E-state index contributed by atoms with van der Waals surface area (Å²) in [5, 5.41) is 9.62. The number of nitrogens with one attached hydrogen (secondary N) is 1. The van der Waals surface area contributed by atoms with Crippen molar-refractivity contribution < 1.29 is 18.0 Å². The van der Waals surface area contributed by atoms with E-state index in [2.05, 4.69) is 15.5 Å². The van der Waals surface area contributed by atoms with Crippen molar-refractivity contribution >= 4 is 39.9 Å². The van der Waals surface area contributed by atoms with Crippen LogP contribution in [0.15, 0.2) is 70.2 Å². The van der Waals surface area contributed by atoms with E-state index in [4.69, 9.17) is 21.5 Å². The summed E-state index contributed by atoms with van der Waals surface area (Å²) in [5.74, 6) is 0.0253. The van der Waals surface area contributed by atoms with Crippen LogP contribution in [-0.4, -0.2) is 22.4 Å².